The normalized spacial score (nSPS) is 21.5. The molecule has 0 spiro atoms. The quantitative estimate of drug-likeness (QED) is 0.636. The van der Waals surface area contributed by atoms with Crippen molar-refractivity contribution in [1.29, 1.82) is 0 Å². The van der Waals surface area contributed by atoms with Crippen LogP contribution in [0.5, 0.6) is 5.75 Å². The summed E-state index contributed by atoms with van der Waals surface area (Å²) in [5, 5.41) is 20.4. The minimum atomic E-state index is -1.15. The number of nitro groups is 1. The number of ether oxygens (including phenoxy) is 3. The molecule has 1 aromatic carbocycles. The fourth-order valence-corrected chi connectivity index (χ4v) is 2.34. The molecule has 1 saturated heterocycles. The van der Waals surface area contributed by atoms with E-state index in [0.717, 1.165) is 5.56 Å². The molecule has 1 aromatic rings. The summed E-state index contributed by atoms with van der Waals surface area (Å²) in [6, 6.07) is 5.16. The molecule has 7 nitrogen and oxygen atoms in total. The van der Waals surface area contributed by atoms with E-state index < -0.39 is 23.4 Å². The van der Waals surface area contributed by atoms with E-state index in [0.29, 0.717) is 24.5 Å². The number of nitrogens with zero attached hydrogens (tertiary/aromatic N) is 1. The molecular weight excluding hydrogens is 290 g/mol. The van der Waals surface area contributed by atoms with Gasteiger partial charge < -0.3 is 19.3 Å². The Hall–Kier alpha value is -1.70. The zero-order valence-electron chi connectivity index (χ0n) is 12.9. The van der Waals surface area contributed by atoms with E-state index in [9.17, 15) is 15.2 Å². The van der Waals surface area contributed by atoms with E-state index >= 15 is 0 Å². The molecule has 0 bridgehead atoms. The lowest BCUT2D eigenvalue weighted by atomic mass is 10.0. The zero-order chi connectivity index (χ0) is 16.3. The van der Waals surface area contributed by atoms with Crippen LogP contribution in [0.4, 0.5) is 0 Å². The highest BCUT2D eigenvalue weighted by Crippen LogP contribution is 2.26. The molecule has 1 unspecified atom stereocenters. The summed E-state index contributed by atoms with van der Waals surface area (Å²) in [5.41, 5.74) is 1.28. The number of benzene rings is 1. The van der Waals surface area contributed by atoms with Crippen molar-refractivity contribution < 1.29 is 24.2 Å². The van der Waals surface area contributed by atoms with Crippen LogP contribution in [0.25, 0.3) is 0 Å². The smallest absolute Gasteiger partial charge is 0.233 e. The van der Waals surface area contributed by atoms with Crippen LogP contribution < -0.4 is 4.74 Å². The highest BCUT2D eigenvalue weighted by atomic mass is 16.7. The number of rotatable bonds is 6. The van der Waals surface area contributed by atoms with Gasteiger partial charge in [-0.15, -0.1) is 0 Å². The maximum Gasteiger partial charge on any atom is 0.233 e. The average molecular weight is 311 g/mol. The molecule has 0 radical (unpaired) electrons. The van der Waals surface area contributed by atoms with Crippen molar-refractivity contribution in [2.24, 2.45) is 0 Å². The highest BCUT2D eigenvalue weighted by molar-refractivity contribution is 5.36. The van der Waals surface area contributed by atoms with E-state index in [-0.39, 0.29) is 6.10 Å². The first kappa shape index (κ1) is 16.7. The lowest BCUT2D eigenvalue weighted by molar-refractivity contribution is -0.491. The third kappa shape index (κ3) is 4.40. The van der Waals surface area contributed by atoms with Crippen LogP contribution in [0.3, 0.4) is 0 Å². The SMILES string of the molecule is Cc1ccc(OCC2COC(C)(C)O2)cc1[C@H](O)C[N+](=O)[O-]. The summed E-state index contributed by atoms with van der Waals surface area (Å²) in [6.45, 7) is 5.71. The number of aryl methyl sites for hydroxylation is 1. The van der Waals surface area contributed by atoms with E-state index in [1.54, 1.807) is 25.1 Å². The first-order valence-corrected chi connectivity index (χ1v) is 7.12. The number of aliphatic hydroxyl groups excluding tert-OH is 1. The highest BCUT2D eigenvalue weighted by Gasteiger charge is 2.33. The Morgan fingerprint density at radius 1 is 1.55 bits per heavy atom. The van der Waals surface area contributed by atoms with Crippen LogP contribution in [-0.4, -0.2) is 41.7 Å². The minimum absolute atomic E-state index is 0.163. The van der Waals surface area contributed by atoms with Crippen molar-refractivity contribution in [3.8, 4) is 5.75 Å². The van der Waals surface area contributed by atoms with E-state index in [1.165, 1.54) is 0 Å². The van der Waals surface area contributed by atoms with Gasteiger partial charge in [0.2, 0.25) is 6.54 Å². The molecule has 2 rings (SSSR count). The molecule has 1 aliphatic rings. The van der Waals surface area contributed by atoms with E-state index in [2.05, 4.69) is 0 Å². The zero-order valence-corrected chi connectivity index (χ0v) is 12.9. The van der Waals surface area contributed by atoms with Crippen molar-refractivity contribution in [3.63, 3.8) is 0 Å². The first-order valence-electron chi connectivity index (χ1n) is 7.12. The minimum Gasteiger partial charge on any atom is -0.491 e. The molecule has 1 fully saturated rings. The summed E-state index contributed by atoms with van der Waals surface area (Å²) in [5.74, 6) is -0.0646. The molecule has 1 N–H and O–H groups in total. The second-order valence-corrected chi connectivity index (χ2v) is 5.81. The second kappa shape index (κ2) is 6.60. The summed E-state index contributed by atoms with van der Waals surface area (Å²) < 4.78 is 16.7. The van der Waals surface area contributed by atoms with Gasteiger partial charge in [-0.2, -0.15) is 0 Å². The Kier molecular flexibility index (Phi) is 5.00. The van der Waals surface area contributed by atoms with Gasteiger partial charge in [-0.3, -0.25) is 10.1 Å². The van der Waals surface area contributed by atoms with Crippen LogP contribution in [0.2, 0.25) is 0 Å². The molecule has 0 aliphatic carbocycles. The first-order chi connectivity index (χ1) is 10.3. The van der Waals surface area contributed by atoms with Gasteiger partial charge in [-0.1, -0.05) is 6.07 Å². The van der Waals surface area contributed by atoms with Gasteiger partial charge in [0.1, 0.15) is 24.6 Å². The maximum absolute atomic E-state index is 10.5. The van der Waals surface area contributed by atoms with Gasteiger partial charge in [0.15, 0.2) is 5.79 Å². The van der Waals surface area contributed by atoms with Gasteiger partial charge in [-0.25, -0.2) is 0 Å². The van der Waals surface area contributed by atoms with Crippen LogP contribution in [0.1, 0.15) is 31.1 Å². The Balaban J connectivity index is 1.99. The van der Waals surface area contributed by atoms with Crippen molar-refractivity contribution in [2.75, 3.05) is 19.8 Å². The van der Waals surface area contributed by atoms with Crippen LogP contribution in [0.15, 0.2) is 18.2 Å². The number of aliphatic hydroxyl groups is 1. The molecule has 1 heterocycles. The summed E-state index contributed by atoms with van der Waals surface area (Å²) >= 11 is 0. The van der Waals surface area contributed by atoms with Crippen molar-refractivity contribution in [3.05, 3.63) is 39.4 Å². The molecule has 122 valence electrons. The summed E-state index contributed by atoms with van der Waals surface area (Å²) in [7, 11) is 0. The van der Waals surface area contributed by atoms with Crippen LogP contribution in [-0.2, 0) is 9.47 Å². The number of hydrogen-bond acceptors (Lipinski definition) is 6. The molecule has 0 aromatic heterocycles. The van der Waals surface area contributed by atoms with Gasteiger partial charge in [0.25, 0.3) is 0 Å². The Bertz CT molecular complexity index is 545. The fraction of sp³-hybridized carbons (Fsp3) is 0.600. The van der Waals surface area contributed by atoms with Gasteiger partial charge in [0.05, 0.1) is 6.61 Å². The monoisotopic (exact) mass is 311 g/mol. The Morgan fingerprint density at radius 2 is 2.27 bits per heavy atom. The van der Waals surface area contributed by atoms with Crippen LogP contribution >= 0.6 is 0 Å². The molecule has 7 heteroatoms. The van der Waals surface area contributed by atoms with Crippen molar-refractivity contribution >= 4 is 0 Å². The average Bonchev–Trinajstić information content (AvgIpc) is 2.76. The molecular formula is C15H21NO6. The van der Waals surface area contributed by atoms with Gasteiger partial charge in [-0.05, 0) is 44.0 Å². The van der Waals surface area contributed by atoms with E-state index in [4.69, 9.17) is 14.2 Å². The maximum atomic E-state index is 10.5. The van der Waals surface area contributed by atoms with Gasteiger partial charge >= 0.3 is 0 Å². The molecule has 1 aliphatic heterocycles. The topological polar surface area (TPSA) is 91.1 Å². The summed E-state index contributed by atoms with van der Waals surface area (Å²) in [4.78, 5) is 9.99. The Morgan fingerprint density at radius 3 is 2.86 bits per heavy atom. The largest absolute Gasteiger partial charge is 0.491 e. The van der Waals surface area contributed by atoms with Gasteiger partial charge in [0, 0.05) is 4.92 Å². The van der Waals surface area contributed by atoms with E-state index in [1.807, 2.05) is 13.8 Å². The second-order valence-electron chi connectivity index (χ2n) is 5.81. The molecule has 0 amide bonds. The number of hydrogen-bond donors (Lipinski definition) is 1. The fourth-order valence-electron chi connectivity index (χ4n) is 2.34. The predicted octanol–water partition coefficient (Wildman–Crippen LogP) is 1.84. The standard InChI is InChI=1S/C15H21NO6/c1-10-4-5-11(6-13(10)14(17)7-16(18)19)20-8-12-9-21-15(2,3)22-12/h4-6,12,14,17H,7-9H2,1-3H3/t12?,14-/m1/s1. The summed E-state index contributed by atoms with van der Waals surface area (Å²) in [6.07, 6.45) is -1.31. The Labute approximate surface area is 128 Å². The van der Waals surface area contributed by atoms with Crippen molar-refractivity contribution in [2.45, 2.75) is 38.8 Å². The molecule has 2 atom stereocenters. The third-order valence-corrected chi connectivity index (χ3v) is 3.43. The lowest BCUT2D eigenvalue weighted by Gasteiger charge is -2.18. The molecule has 22 heavy (non-hydrogen) atoms. The van der Waals surface area contributed by atoms with Crippen LogP contribution in [0, 0.1) is 17.0 Å². The third-order valence-electron chi connectivity index (χ3n) is 3.43. The predicted molar refractivity (Wildman–Crippen MR) is 78.4 cm³/mol. The molecule has 0 saturated carbocycles. The lowest BCUT2D eigenvalue weighted by Crippen LogP contribution is -2.25. The van der Waals surface area contributed by atoms with Crippen molar-refractivity contribution in [1.82, 2.24) is 0 Å².